The standard InChI is InChI=1S/C25H21ClN4O2/c1-30-16-29-23-13-18(4-11-24(23)30)14-31-21-9-5-19(6-10-21)22(25(28)32-15-27)12-17-2-7-20(26)8-3-17/h2-13,15-16,27-28H,14H2,1H3/b22-12+,27-15?,28-25?. The van der Waals surface area contributed by atoms with Gasteiger partial charge in [0.1, 0.15) is 12.4 Å². The molecule has 160 valence electrons. The van der Waals surface area contributed by atoms with Crippen molar-refractivity contribution in [3.05, 3.63) is 94.8 Å². The van der Waals surface area contributed by atoms with Crippen LogP contribution in [-0.2, 0) is 18.4 Å². The van der Waals surface area contributed by atoms with Crippen LogP contribution in [0.25, 0.3) is 22.7 Å². The van der Waals surface area contributed by atoms with Crippen LogP contribution in [0.4, 0.5) is 0 Å². The Morgan fingerprint density at radius 3 is 2.53 bits per heavy atom. The van der Waals surface area contributed by atoms with Gasteiger partial charge in [0.15, 0.2) is 6.40 Å². The zero-order valence-electron chi connectivity index (χ0n) is 17.4. The fraction of sp³-hybridized carbons (Fsp3) is 0.0800. The molecule has 4 aromatic rings. The van der Waals surface area contributed by atoms with E-state index in [1.807, 2.05) is 72.3 Å². The first-order chi connectivity index (χ1) is 15.5. The molecule has 1 heterocycles. The maximum Gasteiger partial charge on any atom is 0.221 e. The summed E-state index contributed by atoms with van der Waals surface area (Å²) in [5, 5.41) is 16.0. The summed E-state index contributed by atoms with van der Waals surface area (Å²) in [7, 11) is 1.97. The number of aryl methyl sites for hydroxylation is 1. The Balaban J connectivity index is 1.51. The molecule has 2 N–H and O–H groups in total. The first-order valence-electron chi connectivity index (χ1n) is 9.88. The summed E-state index contributed by atoms with van der Waals surface area (Å²) >= 11 is 5.96. The highest BCUT2D eigenvalue weighted by molar-refractivity contribution is 6.30. The number of ether oxygens (including phenoxy) is 2. The van der Waals surface area contributed by atoms with Crippen molar-refractivity contribution >= 4 is 46.6 Å². The molecule has 0 aliphatic rings. The molecule has 7 heteroatoms. The van der Waals surface area contributed by atoms with Gasteiger partial charge in [0.05, 0.1) is 17.4 Å². The molecule has 0 fully saturated rings. The molecule has 1 aromatic heterocycles. The smallest absolute Gasteiger partial charge is 0.221 e. The van der Waals surface area contributed by atoms with Crippen LogP contribution in [0.3, 0.4) is 0 Å². The molecule has 0 atom stereocenters. The van der Waals surface area contributed by atoms with E-state index in [1.165, 1.54) is 0 Å². The van der Waals surface area contributed by atoms with Crippen molar-refractivity contribution in [1.29, 1.82) is 10.8 Å². The third-order valence-electron chi connectivity index (χ3n) is 4.96. The number of imidazole rings is 1. The van der Waals surface area contributed by atoms with E-state index in [2.05, 4.69) is 4.98 Å². The minimum Gasteiger partial charge on any atom is -0.489 e. The zero-order valence-corrected chi connectivity index (χ0v) is 18.1. The largest absolute Gasteiger partial charge is 0.489 e. The highest BCUT2D eigenvalue weighted by Crippen LogP contribution is 2.24. The molecule has 3 aromatic carbocycles. The molecular formula is C25H21ClN4O2. The number of nitrogens with zero attached hydrogens (tertiary/aromatic N) is 2. The summed E-state index contributed by atoms with van der Waals surface area (Å²) in [6.45, 7) is 0.423. The van der Waals surface area contributed by atoms with E-state index in [9.17, 15) is 0 Å². The number of rotatable bonds is 7. The molecule has 0 amide bonds. The lowest BCUT2D eigenvalue weighted by Crippen LogP contribution is -2.05. The Kier molecular flexibility index (Phi) is 6.33. The number of aromatic nitrogens is 2. The number of halogens is 1. The van der Waals surface area contributed by atoms with Crippen molar-refractivity contribution in [2.75, 3.05) is 0 Å². The molecule has 0 bridgehead atoms. The van der Waals surface area contributed by atoms with E-state index in [1.54, 1.807) is 18.5 Å². The van der Waals surface area contributed by atoms with E-state index in [4.69, 9.17) is 31.9 Å². The van der Waals surface area contributed by atoms with Crippen LogP contribution >= 0.6 is 11.6 Å². The molecule has 0 aliphatic heterocycles. The van der Waals surface area contributed by atoms with Gasteiger partial charge in [-0.15, -0.1) is 0 Å². The Morgan fingerprint density at radius 1 is 1.06 bits per heavy atom. The van der Waals surface area contributed by atoms with Crippen LogP contribution in [0.15, 0.2) is 73.1 Å². The summed E-state index contributed by atoms with van der Waals surface area (Å²) in [4.78, 5) is 4.38. The van der Waals surface area contributed by atoms with E-state index in [0.29, 0.717) is 23.0 Å². The number of benzene rings is 3. The van der Waals surface area contributed by atoms with Gasteiger partial charge in [-0.25, -0.2) is 4.98 Å². The minimum absolute atomic E-state index is 0.118. The van der Waals surface area contributed by atoms with Gasteiger partial charge in [0, 0.05) is 17.6 Å². The fourth-order valence-corrected chi connectivity index (χ4v) is 3.42. The average Bonchev–Trinajstić information content (AvgIpc) is 3.18. The van der Waals surface area contributed by atoms with Crippen LogP contribution in [0.5, 0.6) is 5.75 Å². The monoisotopic (exact) mass is 444 g/mol. The maximum absolute atomic E-state index is 8.18. The number of hydrogen-bond acceptors (Lipinski definition) is 5. The molecular weight excluding hydrogens is 424 g/mol. The highest BCUT2D eigenvalue weighted by atomic mass is 35.5. The van der Waals surface area contributed by atoms with E-state index < -0.39 is 0 Å². The molecule has 0 saturated heterocycles. The quantitative estimate of drug-likeness (QED) is 0.210. The average molecular weight is 445 g/mol. The van der Waals surface area contributed by atoms with Crippen LogP contribution in [0.1, 0.15) is 16.7 Å². The van der Waals surface area contributed by atoms with Crippen molar-refractivity contribution < 1.29 is 9.47 Å². The summed E-state index contributed by atoms with van der Waals surface area (Å²) < 4.78 is 12.9. The SMILES string of the molecule is Cn1cnc2cc(COc3ccc(/C(=C\c4ccc(Cl)cc4)C(=N)OC=N)cc3)ccc21. The summed E-state index contributed by atoms with van der Waals surface area (Å²) in [5.74, 6) is 0.590. The van der Waals surface area contributed by atoms with Gasteiger partial charge in [-0.05, 0) is 59.2 Å². The summed E-state index contributed by atoms with van der Waals surface area (Å²) in [6.07, 6.45) is 4.36. The van der Waals surface area contributed by atoms with Crippen molar-refractivity contribution in [3.63, 3.8) is 0 Å². The Morgan fingerprint density at radius 2 is 1.81 bits per heavy atom. The summed E-state index contributed by atoms with van der Waals surface area (Å²) in [5.41, 5.74) is 5.23. The molecule has 0 spiro atoms. The topological polar surface area (TPSA) is 84.0 Å². The molecule has 6 nitrogen and oxygen atoms in total. The lowest BCUT2D eigenvalue weighted by molar-refractivity contribution is 0.306. The van der Waals surface area contributed by atoms with Crippen LogP contribution in [0.2, 0.25) is 5.02 Å². The van der Waals surface area contributed by atoms with Gasteiger partial charge < -0.3 is 14.0 Å². The van der Waals surface area contributed by atoms with Gasteiger partial charge >= 0.3 is 0 Å². The predicted octanol–water partition coefficient (Wildman–Crippen LogP) is 5.95. The number of hydrogen-bond donors (Lipinski definition) is 2. The van der Waals surface area contributed by atoms with Crippen LogP contribution in [0, 0.1) is 10.8 Å². The second kappa shape index (κ2) is 9.49. The van der Waals surface area contributed by atoms with E-state index in [-0.39, 0.29) is 5.90 Å². The van der Waals surface area contributed by atoms with Crippen LogP contribution < -0.4 is 4.74 Å². The van der Waals surface area contributed by atoms with Gasteiger partial charge in [-0.2, -0.15) is 0 Å². The molecule has 0 aliphatic carbocycles. The molecule has 0 unspecified atom stereocenters. The predicted molar refractivity (Wildman–Crippen MR) is 128 cm³/mol. The second-order valence-electron chi connectivity index (χ2n) is 7.17. The first-order valence-corrected chi connectivity index (χ1v) is 10.3. The Hall–Kier alpha value is -3.90. The number of nitrogens with one attached hydrogen (secondary N) is 2. The Labute approximate surface area is 190 Å². The third-order valence-corrected chi connectivity index (χ3v) is 5.22. The number of fused-ring (bicyclic) bond motifs is 1. The van der Waals surface area contributed by atoms with Gasteiger partial charge in [-0.3, -0.25) is 10.8 Å². The molecule has 4 rings (SSSR count). The normalized spacial score (nSPS) is 11.4. The van der Waals surface area contributed by atoms with Gasteiger partial charge in [-0.1, -0.05) is 41.9 Å². The molecule has 0 saturated carbocycles. The van der Waals surface area contributed by atoms with Gasteiger partial charge in [0.25, 0.3) is 0 Å². The lowest BCUT2D eigenvalue weighted by atomic mass is 10.0. The molecule has 0 radical (unpaired) electrons. The second-order valence-corrected chi connectivity index (χ2v) is 7.60. The third kappa shape index (κ3) is 4.87. The van der Waals surface area contributed by atoms with Crippen molar-refractivity contribution in [2.24, 2.45) is 7.05 Å². The highest BCUT2D eigenvalue weighted by Gasteiger charge is 2.11. The summed E-state index contributed by atoms with van der Waals surface area (Å²) in [6, 6.07) is 20.8. The van der Waals surface area contributed by atoms with Gasteiger partial charge in [0.2, 0.25) is 5.90 Å². The van der Waals surface area contributed by atoms with E-state index in [0.717, 1.165) is 34.1 Å². The molecule has 32 heavy (non-hydrogen) atoms. The lowest BCUT2D eigenvalue weighted by Gasteiger charge is -2.11. The van der Waals surface area contributed by atoms with Crippen molar-refractivity contribution in [3.8, 4) is 5.75 Å². The minimum atomic E-state index is -0.118. The van der Waals surface area contributed by atoms with Crippen molar-refractivity contribution in [2.45, 2.75) is 6.61 Å². The maximum atomic E-state index is 8.18. The van der Waals surface area contributed by atoms with Crippen LogP contribution in [-0.4, -0.2) is 21.8 Å². The fourth-order valence-electron chi connectivity index (χ4n) is 3.30. The Bertz CT molecular complexity index is 1290. The van der Waals surface area contributed by atoms with Crippen molar-refractivity contribution in [1.82, 2.24) is 9.55 Å². The zero-order chi connectivity index (χ0) is 22.5. The first kappa shape index (κ1) is 21.3. The van der Waals surface area contributed by atoms with E-state index >= 15 is 0 Å².